The van der Waals surface area contributed by atoms with E-state index in [1.54, 1.807) is 0 Å². The minimum Gasteiger partial charge on any atom is -0.388 e. The molecule has 2 fully saturated rings. The number of aliphatic hydroxyl groups excluding tert-OH is 1. The Morgan fingerprint density at radius 2 is 1.96 bits per heavy atom. The zero-order valence-corrected chi connectivity index (χ0v) is 15.6. The molecule has 1 atom stereocenters. The van der Waals surface area contributed by atoms with Gasteiger partial charge in [-0.2, -0.15) is 0 Å². The van der Waals surface area contributed by atoms with Gasteiger partial charge in [0.05, 0.1) is 25.9 Å². The molecule has 1 spiro atoms. The molecule has 2 N–H and O–H groups in total. The van der Waals surface area contributed by atoms with Gasteiger partial charge in [0.25, 0.3) is 0 Å². The minimum atomic E-state index is -0.451. The molecular formula is C20H28N2O4. The number of rotatable bonds is 3. The maximum absolute atomic E-state index is 12.5. The van der Waals surface area contributed by atoms with E-state index in [-0.39, 0.29) is 17.9 Å². The maximum atomic E-state index is 12.5. The molecule has 1 aromatic rings. The van der Waals surface area contributed by atoms with Crippen LogP contribution in [-0.2, 0) is 19.7 Å². The van der Waals surface area contributed by atoms with Crippen LogP contribution in [0.1, 0.15) is 50.3 Å². The Bertz CT molecular complexity index is 687. The molecule has 26 heavy (non-hydrogen) atoms. The molecule has 142 valence electrons. The van der Waals surface area contributed by atoms with Crippen LogP contribution in [0.3, 0.4) is 0 Å². The molecule has 6 heteroatoms. The van der Waals surface area contributed by atoms with E-state index in [0.29, 0.717) is 26.3 Å². The number of carbonyl (C=O) groups excluding carboxylic acids is 1. The van der Waals surface area contributed by atoms with Crippen LogP contribution in [0.4, 0.5) is 5.69 Å². The van der Waals surface area contributed by atoms with Crippen LogP contribution in [-0.4, -0.2) is 54.5 Å². The first-order valence-corrected chi connectivity index (χ1v) is 9.51. The maximum Gasteiger partial charge on any atom is 0.241 e. The van der Waals surface area contributed by atoms with Gasteiger partial charge in [-0.25, -0.2) is 0 Å². The number of nitrogens with one attached hydrogen (secondary N) is 1. The molecule has 3 aliphatic rings. The van der Waals surface area contributed by atoms with E-state index in [4.69, 9.17) is 9.47 Å². The summed E-state index contributed by atoms with van der Waals surface area (Å²) in [6, 6.07) is 6.04. The van der Waals surface area contributed by atoms with Gasteiger partial charge in [0, 0.05) is 31.6 Å². The van der Waals surface area contributed by atoms with Gasteiger partial charge < -0.3 is 24.8 Å². The van der Waals surface area contributed by atoms with Gasteiger partial charge in [-0.3, -0.25) is 4.79 Å². The third-order valence-corrected chi connectivity index (χ3v) is 5.98. The third kappa shape index (κ3) is 3.21. The van der Waals surface area contributed by atoms with Gasteiger partial charge in [0.15, 0.2) is 5.79 Å². The van der Waals surface area contributed by atoms with Crippen molar-refractivity contribution in [3.8, 4) is 0 Å². The Kier molecular flexibility index (Phi) is 4.45. The number of anilines is 1. The van der Waals surface area contributed by atoms with Crippen molar-refractivity contribution in [1.82, 2.24) is 4.90 Å². The summed E-state index contributed by atoms with van der Waals surface area (Å²) >= 11 is 0. The highest BCUT2D eigenvalue weighted by Gasteiger charge is 2.40. The zero-order valence-electron chi connectivity index (χ0n) is 15.6. The smallest absolute Gasteiger partial charge is 0.241 e. The molecule has 2 heterocycles. The number of hydrogen-bond acceptors (Lipinski definition) is 5. The second-order valence-corrected chi connectivity index (χ2v) is 8.25. The first-order chi connectivity index (χ1) is 12.4. The average Bonchev–Trinajstić information content (AvgIpc) is 3.16. The average molecular weight is 360 g/mol. The lowest BCUT2D eigenvalue weighted by Gasteiger charge is -2.37. The lowest BCUT2D eigenvalue weighted by molar-refractivity contribution is -0.187. The second kappa shape index (κ2) is 6.51. The predicted molar refractivity (Wildman–Crippen MR) is 98.0 cm³/mol. The van der Waals surface area contributed by atoms with Gasteiger partial charge >= 0.3 is 0 Å². The molecule has 1 aromatic carbocycles. The van der Waals surface area contributed by atoms with Crippen LogP contribution < -0.4 is 5.32 Å². The van der Waals surface area contributed by atoms with Crippen LogP contribution in [0.15, 0.2) is 18.2 Å². The highest BCUT2D eigenvalue weighted by atomic mass is 16.7. The summed E-state index contributed by atoms with van der Waals surface area (Å²) in [5.74, 6) is -0.369. The Balaban J connectivity index is 1.33. The SMILES string of the molecule is CC1(C)CC(O)c2cc(NCC(=O)N3CCC4(CC3)OCCO4)ccc21. The molecule has 1 unspecified atom stereocenters. The normalized spacial score (nSPS) is 26.1. The van der Waals surface area contributed by atoms with Crippen molar-refractivity contribution in [3.63, 3.8) is 0 Å². The number of piperidine rings is 1. The van der Waals surface area contributed by atoms with E-state index in [9.17, 15) is 9.90 Å². The lowest BCUT2D eigenvalue weighted by atomic mass is 9.86. The molecule has 4 rings (SSSR count). The summed E-state index contributed by atoms with van der Waals surface area (Å²) in [6.07, 6.45) is 1.78. The molecule has 2 aliphatic heterocycles. The van der Waals surface area contributed by atoms with Crippen molar-refractivity contribution in [3.05, 3.63) is 29.3 Å². The predicted octanol–water partition coefficient (Wildman–Crippen LogP) is 2.18. The van der Waals surface area contributed by atoms with Crippen LogP contribution in [0, 0.1) is 0 Å². The first-order valence-electron chi connectivity index (χ1n) is 9.51. The zero-order chi connectivity index (χ0) is 18.4. The third-order valence-electron chi connectivity index (χ3n) is 5.98. The Morgan fingerprint density at radius 1 is 1.27 bits per heavy atom. The summed E-state index contributed by atoms with van der Waals surface area (Å²) in [4.78, 5) is 14.4. The molecular weight excluding hydrogens is 332 g/mol. The lowest BCUT2D eigenvalue weighted by Crippen LogP contribution is -2.48. The monoisotopic (exact) mass is 360 g/mol. The standard InChI is InChI=1S/C20H28N2O4/c1-19(2)12-17(23)15-11-14(3-4-16(15)19)21-13-18(24)22-7-5-20(6-8-22)25-9-10-26-20/h3-4,11,17,21,23H,5-10,12-13H2,1-2H3. The number of fused-ring (bicyclic) bond motifs is 1. The van der Waals surface area contributed by atoms with Crippen molar-refractivity contribution in [2.75, 3.05) is 38.2 Å². The fraction of sp³-hybridized carbons (Fsp3) is 0.650. The molecule has 0 aromatic heterocycles. The molecule has 0 bridgehead atoms. The highest BCUT2D eigenvalue weighted by molar-refractivity contribution is 5.81. The molecule has 0 saturated carbocycles. The van der Waals surface area contributed by atoms with Crippen molar-refractivity contribution >= 4 is 11.6 Å². The van der Waals surface area contributed by atoms with Gasteiger partial charge in [-0.05, 0) is 35.1 Å². The number of carbonyl (C=O) groups is 1. The number of hydrogen-bond donors (Lipinski definition) is 2. The van der Waals surface area contributed by atoms with Crippen molar-refractivity contribution < 1.29 is 19.4 Å². The van der Waals surface area contributed by atoms with Crippen LogP contribution in [0.5, 0.6) is 0 Å². The van der Waals surface area contributed by atoms with E-state index in [1.165, 1.54) is 5.56 Å². The van der Waals surface area contributed by atoms with Crippen molar-refractivity contribution in [2.45, 2.75) is 50.4 Å². The van der Waals surface area contributed by atoms with E-state index in [1.807, 2.05) is 17.0 Å². The topological polar surface area (TPSA) is 71.0 Å². The number of likely N-dealkylation sites (tertiary alicyclic amines) is 1. The largest absolute Gasteiger partial charge is 0.388 e. The second-order valence-electron chi connectivity index (χ2n) is 8.25. The van der Waals surface area contributed by atoms with Crippen molar-refractivity contribution in [2.24, 2.45) is 0 Å². The van der Waals surface area contributed by atoms with Crippen LogP contribution in [0.2, 0.25) is 0 Å². The van der Waals surface area contributed by atoms with Crippen LogP contribution >= 0.6 is 0 Å². The van der Waals surface area contributed by atoms with Crippen LogP contribution in [0.25, 0.3) is 0 Å². The number of benzene rings is 1. The van der Waals surface area contributed by atoms with E-state index >= 15 is 0 Å². The molecule has 2 saturated heterocycles. The fourth-order valence-corrected chi connectivity index (χ4v) is 4.44. The molecule has 1 amide bonds. The highest BCUT2D eigenvalue weighted by Crippen LogP contribution is 2.45. The van der Waals surface area contributed by atoms with Gasteiger partial charge in [0.2, 0.25) is 5.91 Å². The Labute approximate surface area is 154 Å². The summed E-state index contributed by atoms with van der Waals surface area (Å²) in [6.45, 7) is 7.19. The fourth-order valence-electron chi connectivity index (χ4n) is 4.44. The Hall–Kier alpha value is -1.63. The molecule has 1 aliphatic carbocycles. The van der Waals surface area contributed by atoms with Gasteiger partial charge in [0.1, 0.15) is 0 Å². The van der Waals surface area contributed by atoms with Gasteiger partial charge in [-0.1, -0.05) is 19.9 Å². The molecule has 0 radical (unpaired) electrons. The summed E-state index contributed by atoms with van der Waals surface area (Å²) in [5, 5.41) is 13.5. The summed E-state index contributed by atoms with van der Waals surface area (Å²) < 4.78 is 11.4. The van der Waals surface area contributed by atoms with Gasteiger partial charge in [-0.15, -0.1) is 0 Å². The minimum absolute atomic E-state index is 0.00274. The summed E-state index contributed by atoms with van der Waals surface area (Å²) in [5.41, 5.74) is 3.05. The summed E-state index contributed by atoms with van der Waals surface area (Å²) in [7, 11) is 0. The first kappa shape index (κ1) is 17.8. The number of ether oxygens (including phenoxy) is 2. The quantitative estimate of drug-likeness (QED) is 0.865. The van der Waals surface area contributed by atoms with E-state index in [0.717, 1.165) is 30.5 Å². The van der Waals surface area contributed by atoms with E-state index < -0.39 is 11.9 Å². The van der Waals surface area contributed by atoms with Crippen molar-refractivity contribution in [1.29, 1.82) is 0 Å². The molecule has 6 nitrogen and oxygen atoms in total. The number of aliphatic hydroxyl groups is 1. The number of amides is 1. The number of nitrogens with zero attached hydrogens (tertiary/aromatic N) is 1. The van der Waals surface area contributed by atoms with E-state index in [2.05, 4.69) is 25.2 Å². The Morgan fingerprint density at radius 3 is 2.65 bits per heavy atom.